The molecule has 1 aromatic rings. The molecule has 1 atom stereocenters. The van der Waals surface area contributed by atoms with E-state index < -0.39 is 0 Å². The third-order valence-corrected chi connectivity index (χ3v) is 2.70. The summed E-state index contributed by atoms with van der Waals surface area (Å²) in [5, 5.41) is 12.7. The van der Waals surface area contributed by atoms with Crippen molar-refractivity contribution in [2.45, 2.75) is 38.8 Å². The number of aliphatic hydroxyl groups is 1. The van der Waals surface area contributed by atoms with Gasteiger partial charge >= 0.3 is 0 Å². The average molecular weight is 255 g/mol. The minimum absolute atomic E-state index is 0.0394. The summed E-state index contributed by atoms with van der Waals surface area (Å²) in [5.41, 5.74) is -0.374. The van der Waals surface area contributed by atoms with E-state index in [1.165, 1.54) is 12.1 Å². The number of benzene rings is 1. The minimum atomic E-state index is -0.374. The highest BCUT2D eigenvalue weighted by molar-refractivity contribution is 5.22. The lowest BCUT2D eigenvalue weighted by atomic mass is 9.98. The lowest BCUT2D eigenvalue weighted by Gasteiger charge is -2.31. The van der Waals surface area contributed by atoms with Crippen LogP contribution < -0.4 is 10.1 Å². The summed E-state index contributed by atoms with van der Waals surface area (Å²) in [6, 6.07) is 6.35. The zero-order chi connectivity index (χ0) is 13.6. The largest absolute Gasteiger partial charge is 0.493 e. The van der Waals surface area contributed by atoms with Crippen LogP contribution >= 0.6 is 0 Å². The molecule has 0 heterocycles. The van der Waals surface area contributed by atoms with Crippen LogP contribution in [0.3, 0.4) is 0 Å². The van der Waals surface area contributed by atoms with Crippen molar-refractivity contribution in [2.75, 3.05) is 13.2 Å². The molecule has 0 aliphatic heterocycles. The molecule has 0 aliphatic carbocycles. The number of halogens is 1. The Balaban J connectivity index is 2.44. The van der Waals surface area contributed by atoms with Gasteiger partial charge in [0, 0.05) is 24.1 Å². The molecule has 0 saturated carbocycles. The molecule has 0 amide bonds. The van der Waals surface area contributed by atoms with E-state index in [0.717, 1.165) is 0 Å². The highest BCUT2D eigenvalue weighted by Crippen LogP contribution is 2.15. The second-order valence-corrected chi connectivity index (χ2v) is 5.07. The lowest BCUT2D eigenvalue weighted by molar-refractivity contribution is 0.136. The van der Waals surface area contributed by atoms with Crippen LogP contribution in [0.2, 0.25) is 0 Å². The molecule has 4 heteroatoms. The lowest BCUT2D eigenvalue weighted by Crippen LogP contribution is -2.49. The molecule has 1 unspecified atom stereocenters. The van der Waals surface area contributed by atoms with E-state index in [4.69, 9.17) is 4.74 Å². The summed E-state index contributed by atoms with van der Waals surface area (Å²) in [7, 11) is 0. The van der Waals surface area contributed by atoms with Gasteiger partial charge in [0.15, 0.2) is 0 Å². The number of nitrogens with one attached hydrogen (secondary N) is 1. The van der Waals surface area contributed by atoms with Gasteiger partial charge in [-0.05, 0) is 19.1 Å². The predicted octanol–water partition coefficient (Wildman–Crippen LogP) is 2.34. The molecule has 3 nitrogen and oxygen atoms in total. The quantitative estimate of drug-likeness (QED) is 0.786. The molecular formula is C14H22FNO2. The third kappa shape index (κ3) is 5.02. The van der Waals surface area contributed by atoms with Gasteiger partial charge in [-0.3, -0.25) is 0 Å². The minimum Gasteiger partial charge on any atom is -0.493 e. The summed E-state index contributed by atoms with van der Waals surface area (Å²) < 4.78 is 18.4. The summed E-state index contributed by atoms with van der Waals surface area (Å²) in [5.74, 6) is 0.206. The van der Waals surface area contributed by atoms with Gasteiger partial charge in [-0.1, -0.05) is 19.9 Å². The first kappa shape index (κ1) is 14.9. The van der Waals surface area contributed by atoms with Crippen LogP contribution in [0.4, 0.5) is 4.39 Å². The molecule has 0 bridgehead atoms. The summed E-state index contributed by atoms with van der Waals surface area (Å²) >= 11 is 0. The molecule has 0 fully saturated rings. The third-order valence-electron chi connectivity index (χ3n) is 2.70. The van der Waals surface area contributed by atoms with Crippen molar-refractivity contribution < 1.29 is 14.2 Å². The van der Waals surface area contributed by atoms with Crippen LogP contribution in [0.15, 0.2) is 24.3 Å². The Hall–Kier alpha value is -1.13. The van der Waals surface area contributed by atoms with E-state index in [0.29, 0.717) is 18.8 Å². The van der Waals surface area contributed by atoms with E-state index in [2.05, 4.69) is 5.32 Å². The average Bonchev–Trinajstić information content (AvgIpc) is 2.28. The number of hydrogen-bond donors (Lipinski definition) is 2. The van der Waals surface area contributed by atoms with Crippen LogP contribution in [-0.4, -0.2) is 29.9 Å². The van der Waals surface area contributed by atoms with Gasteiger partial charge in [0.2, 0.25) is 0 Å². The molecule has 102 valence electrons. The number of hydrogen-bond acceptors (Lipinski definition) is 3. The van der Waals surface area contributed by atoms with E-state index in [9.17, 15) is 9.50 Å². The fourth-order valence-corrected chi connectivity index (χ4v) is 1.84. The van der Waals surface area contributed by atoms with Crippen LogP contribution in [0.5, 0.6) is 5.75 Å². The Morgan fingerprint density at radius 2 is 2.17 bits per heavy atom. The zero-order valence-corrected chi connectivity index (χ0v) is 11.2. The van der Waals surface area contributed by atoms with Crippen molar-refractivity contribution >= 4 is 0 Å². The van der Waals surface area contributed by atoms with Crippen molar-refractivity contribution in [1.82, 2.24) is 5.32 Å². The molecule has 0 radical (unpaired) electrons. The van der Waals surface area contributed by atoms with E-state index in [1.54, 1.807) is 12.1 Å². The van der Waals surface area contributed by atoms with Crippen molar-refractivity contribution in [2.24, 2.45) is 0 Å². The molecule has 2 N–H and O–H groups in total. The Morgan fingerprint density at radius 1 is 1.44 bits per heavy atom. The van der Waals surface area contributed by atoms with Crippen molar-refractivity contribution in [3.8, 4) is 5.75 Å². The van der Waals surface area contributed by atoms with Gasteiger partial charge in [-0.15, -0.1) is 0 Å². The normalized spacial score (nSPS) is 14.6. The second-order valence-electron chi connectivity index (χ2n) is 5.07. The Morgan fingerprint density at radius 3 is 2.72 bits per heavy atom. The highest BCUT2D eigenvalue weighted by atomic mass is 19.1. The summed E-state index contributed by atoms with van der Waals surface area (Å²) in [6.45, 7) is 6.47. The molecule has 1 aromatic carbocycles. The topological polar surface area (TPSA) is 41.5 Å². The summed E-state index contributed by atoms with van der Waals surface area (Å²) in [6.07, 6.45) is 0.651. The van der Waals surface area contributed by atoms with Gasteiger partial charge in [-0.2, -0.15) is 0 Å². The monoisotopic (exact) mass is 255 g/mol. The maximum atomic E-state index is 12.9. The molecular weight excluding hydrogens is 233 g/mol. The first-order chi connectivity index (χ1) is 8.45. The fraction of sp³-hybridized carbons (Fsp3) is 0.571. The Labute approximate surface area is 108 Å². The molecule has 18 heavy (non-hydrogen) atoms. The predicted molar refractivity (Wildman–Crippen MR) is 70.3 cm³/mol. The van der Waals surface area contributed by atoms with Gasteiger partial charge in [0.05, 0.1) is 13.2 Å². The molecule has 0 aliphatic rings. The zero-order valence-electron chi connectivity index (χ0n) is 11.2. The maximum Gasteiger partial charge on any atom is 0.126 e. The van der Waals surface area contributed by atoms with Crippen molar-refractivity contribution in [3.63, 3.8) is 0 Å². The number of aliphatic hydroxyl groups excluding tert-OH is 1. The molecule has 1 rings (SSSR count). The van der Waals surface area contributed by atoms with E-state index in [1.807, 2.05) is 20.8 Å². The van der Waals surface area contributed by atoms with Crippen LogP contribution in [-0.2, 0) is 0 Å². The van der Waals surface area contributed by atoms with Gasteiger partial charge in [0.25, 0.3) is 0 Å². The van der Waals surface area contributed by atoms with Crippen LogP contribution in [0, 0.1) is 5.82 Å². The molecule has 0 spiro atoms. The highest BCUT2D eigenvalue weighted by Gasteiger charge is 2.23. The Kier molecular flexibility index (Phi) is 5.56. The maximum absolute atomic E-state index is 12.9. The number of rotatable bonds is 7. The van der Waals surface area contributed by atoms with Crippen molar-refractivity contribution in [1.29, 1.82) is 0 Å². The molecule has 0 saturated heterocycles. The molecule has 0 aromatic heterocycles. The Bertz CT molecular complexity index is 371. The van der Waals surface area contributed by atoms with Gasteiger partial charge in [0.1, 0.15) is 11.6 Å². The first-order valence-corrected chi connectivity index (χ1v) is 6.22. The van der Waals surface area contributed by atoms with E-state index >= 15 is 0 Å². The van der Waals surface area contributed by atoms with Crippen LogP contribution in [0.25, 0.3) is 0 Å². The fourth-order valence-electron chi connectivity index (χ4n) is 1.84. The number of ether oxygens (including phenoxy) is 1. The van der Waals surface area contributed by atoms with Crippen LogP contribution in [0.1, 0.15) is 27.2 Å². The van der Waals surface area contributed by atoms with E-state index in [-0.39, 0.29) is 24.0 Å². The summed E-state index contributed by atoms with van der Waals surface area (Å²) in [4.78, 5) is 0. The van der Waals surface area contributed by atoms with Crippen molar-refractivity contribution in [3.05, 3.63) is 30.1 Å². The SMILES string of the molecule is CC(C)NC(C)(CO)CCOc1cccc(F)c1. The second kappa shape index (κ2) is 6.71. The first-order valence-electron chi connectivity index (χ1n) is 6.22. The smallest absolute Gasteiger partial charge is 0.126 e. The van der Waals surface area contributed by atoms with Gasteiger partial charge < -0.3 is 15.2 Å². The van der Waals surface area contributed by atoms with Gasteiger partial charge in [-0.25, -0.2) is 4.39 Å². The standard InChI is InChI=1S/C14H22FNO2/c1-11(2)16-14(3,10-17)7-8-18-13-6-4-5-12(15)9-13/h4-6,9,11,16-17H,7-8,10H2,1-3H3.